The van der Waals surface area contributed by atoms with Crippen molar-refractivity contribution in [3.8, 4) is 0 Å². The fourth-order valence-corrected chi connectivity index (χ4v) is 1.48. The molecule has 0 rings (SSSR count). The normalized spacial score (nSPS) is 10.2. The standard InChI is InChI=1S/C10H16N2O8.Zr/c13-7(14)3-11(4-8(15)16)1-2-12(5-9(17)18)6-10(19)20;/h1-6H2,(H,13,14)(H,15,16)(H,17,18)(H,19,20);. The molecule has 0 amide bonds. The summed E-state index contributed by atoms with van der Waals surface area (Å²) in [5.74, 6) is -4.91. The first kappa shape index (κ1) is 22.0. The van der Waals surface area contributed by atoms with Crippen LogP contribution in [-0.4, -0.2) is 93.4 Å². The third-order valence-corrected chi connectivity index (χ3v) is 2.17. The molecule has 118 valence electrons. The second kappa shape index (κ2) is 11.4. The maximum atomic E-state index is 10.6. The van der Waals surface area contributed by atoms with Crippen molar-refractivity contribution >= 4 is 23.9 Å². The third-order valence-electron chi connectivity index (χ3n) is 2.17. The van der Waals surface area contributed by atoms with Gasteiger partial charge in [-0.15, -0.1) is 0 Å². The van der Waals surface area contributed by atoms with E-state index >= 15 is 0 Å². The predicted octanol–water partition coefficient (Wildman–Crippen LogP) is -2.07. The number of hydrogen-bond acceptors (Lipinski definition) is 6. The largest absolute Gasteiger partial charge is 0.480 e. The van der Waals surface area contributed by atoms with Crippen molar-refractivity contribution in [3.63, 3.8) is 0 Å². The molecule has 0 heterocycles. The van der Waals surface area contributed by atoms with Gasteiger partial charge in [0.1, 0.15) is 0 Å². The Balaban J connectivity index is 0. The molecule has 0 unspecified atom stereocenters. The molecule has 4 N–H and O–H groups in total. The molecule has 11 heteroatoms. The number of aliphatic carboxylic acids is 4. The first-order valence-corrected chi connectivity index (χ1v) is 5.52. The van der Waals surface area contributed by atoms with Gasteiger partial charge < -0.3 is 20.4 Å². The molecule has 0 atom stereocenters. The number of carboxylic acids is 4. The van der Waals surface area contributed by atoms with Gasteiger partial charge in [-0.3, -0.25) is 29.0 Å². The van der Waals surface area contributed by atoms with Crippen molar-refractivity contribution < 1.29 is 65.8 Å². The van der Waals surface area contributed by atoms with E-state index in [2.05, 4.69) is 0 Å². The van der Waals surface area contributed by atoms with Crippen LogP contribution in [0.15, 0.2) is 0 Å². The van der Waals surface area contributed by atoms with E-state index in [1.807, 2.05) is 0 Å². The number of nitrogens with zero attached hydrogens (tertiary/aromatic N) is 2. The first-order valence-electron chi connectivity index (χ1n) is 5.52. The monoisotopic (exact) mass is 382 g/mol. The van der Waals surface area contributed by atoms with Crippen LogP contribution in [0.3, 0.4) is 0 Å². The maximum absolute atomic E-state index is 10.6. The van der Waals surface area contributed by atoms with E-state index in [4.69, 9.17) is 20.4 Å². The smallest absolute Gasteiger partial charge is 0.317 e. The van der Waals surface area contributed by atoms with E-state index in [1.54, 1.807) is 0 Å². The Kier molecular flexibility index (Phi) is 11.9. The molecule has 0 aliphatic carbocycles. The van der Waals surface area contributed by atoms with Gasteiger partial charge in [-0.2, -0.15) is 0 Å². The second-order valence-electron chi connectivity index (χ2n) is 4.00. The summed E-state index contributed by atoms with van der Waals surface area (Å²) in [7, 11) is 0. The van der Waals surface area contributed by atoms with E-state index in [9.17, 15) is 19.2 Å². The van der Waals surface area contributed by atoms with E-state index in [0.29, 0.717) is 0 Å². The third kappa shape index (κ3) is 13.4. The molecule has 21 heavy (non-hydrogen) atoms. The fraction of sp³-hybridized carbons (Fsp3) is 0.600. The van der Waals surface area contributed by atoms with E-state index in [-0.39, 0.29) is 39.3 Å². The SMILES string of the molecule is O=C(O)CN(CCN(CC(=O)O)CC(=O)O)CC(=O)O.[Zr]. The zero-order valence-corrected chi connectivity index (χ0v) is 13.5. The van der Waals surface area contributed by atoms with E-state index in [0.717, 1.165) is 9.80 Å². The second-order valence-corrected chi connectivity index (χ2v) is 4.00. The van der Waals surface area contributed by atoms with Crippen LogP contribution in [0.4, 0.5) is 0 Å². The minimum absolute atomic E-state index is 0. The molecule has 0 saturated carbocycles. The molecule has 0 saturated heterocycles. The summed E-state index contributed by atoms with van der Waals surface area (Å²) in [6.45, 7) is -2.25. The Bertz CT molecular complexity index is 321. The number of carbonyl (C=O) groups is 4. The fourth-order valence-electron chi connectivity index (χ4n) is 1.48. The molecule has 0 aromatic rings. The summed E-state index contributed by atoms with van der Waals surface area (Å²) in [5.41, 5.74) is 0. The van der Waals surface area contributed by atoms with E-state index < -0.39 is 50.1 Å². The van der Waals surface area contributed by atoms with Crippen LogP contribution in [-0.2, 0) is 45.4 Å². The van der Waals surface area contributed by atoms with Gasteiger partial charge in [0, 0.05) is 39.3 Å². The molecule has 0 spiro atoms. The number of rotatable bonds is 11. The topological polar surface area (TPSA) is 156 Å². The van der Waals surface area contributed by atoms with Crippen molar-refractivity contribution in [1.82, 2.24) is 9.80 Å². The molecule has 10 nitrogen and oxygen atoms in total. The summed E-state index contributed by atoms with van der Waals surface area (Å²) >= 11 is 0. The van der Waals surface area contributed by atoms with Crippen molar-refractivity contribution in [1.29, 1.82) is 0 Å². The van der Waals surface area contributed by atoms with Crippen LogP contribution in [0.2, 0.25) is 0 Å². The minimum atomic E-state index is -1.23. The quantitative estimate of drug-likeness (QED) is 0.312. The molecule has 0 fully saturated rings. The maximum Gasteiger partial charge on any atom is 0.317 e. The molecule has 0 aromatic heterocycles. The summed E-state index contributed by atoms with van der Waals surface area (Å²) in [6.07, 6.45) is 0. The molecule has 0 aliphatic rings. The van der Waals surface area contributed by atoms with Crippen molar-refractivity contribution in [2.75, 3.05) is 39.3 Å². The molecule has 0 aliphatic heterocycles. The molecule has 0 aromatic carbocycles. The van der Waals surface area contributed by atoms with Crippen LogP contribution in [0, 0.1) is 0 Å². The van der Waals surface area contributed by atoms with Crippen molar-refractivity contribution in [2.24, 2.45) is 0 Å². The first-order chi connectivity index (χ1) is 9.20. The summed E-state index contributed by atoms with van der Waals surface area (Å²) in [4.78, 5) is 44.4. The molecule has 0 radical (unpaired) electrons. The van der Waals surface area contributed by atoms with Gasteiger partial charge in [-0.05, 0) is 0 Å². The predicted molar refractivity (Wildman–Crippen MR) is 63.4 cm³/mol. The van der Waals surface area contributed by atoms with Crippen molar-refractivity contribution in [3.05, 3.63) is 0 Å². The van der Waals surface area contributed by atoms with E-state index in [1.165, 1.54) is 0 Å². The van der Waals surface area contributed by atoms with Crippen LogP contribution in [0.25, 0.3) is 0 Å². The number of hydrogen-bond donors (Lipinski definition) is 4. The minimum Gasteiger partial charge on any atom is -0.480 e. The summed E-state index contributed by atoms with van der Waals surface area (Å²) in [5, 5.41) is 34.5. The van der Waals surface area contributed by atoms with Gasteiger partial charge in [0.25, 0.3) is 0 Å². The molecular weight excluding hydrogens is 367 g/mol. The summed E-state index contributed by atoms with van der Waals surface area (Å²) < 4.78 is 0. The van der Waals surface area contributed by atoms with Gasteiger partial charge in [0.2, 0.25) is 0 Å². The van der Waals surface area contributed by atoms with Crippen LogP contribution in [0.1, 0.15) is 0 Å². The Morgan fingerprint density at radius 3 is 0.905 bits per heavy atom. The van der Waals surface area contributed by atoms with Crippen LogP contribution >= 0.6 is 0 Å². The van der Waals surface area contributed by atoms with Gasteiger partial charge >= 0.3 is 23.9 Å². The Labute approximate surface area is 139 Å². The van der Waals surface area contributed by atoms with Gasteiger partial charge in [-0.1, -0.05) is 0 Å². The van der Waals surface area contributed by atoms with Crippen LogP contribution in [0.5, 0.6) is 0 Å². The molecule has 0 bridgehead atoms. The average Bonchev–Trinajstić information content (AvgIpc) is 2.22. The van der Waals surface area contributed by atoms with Gasteiger partial charge in [0.15, 0.2) is 0 Å². The van der Waals surface area contributed by atoms with Crippen LogP contribution < -0.4 is 0 Å². The Morgan fingerprint density at radius 2 is 0.762 bits per heavy atom. The summed E-state index contributed by atoms with van der Waals surface area (Å²) in [6, 6.07) is 0. The number of carboxylic acid groups (broad SMARTS) is 4. The molecular formula is C10H16N2O8Zr. The van der Waals surface area contributed by atoms with Crippen molar-refractivity contribution in [2.45, 2.75) is 0 Å². The zero-order valence-electron chi connectivity index (χ0n) is 11.1. The Morgan fingerprint density at radius 1 is 0.571 bits per heavy atom. The average molecular weight is 383 g/mol. The zero-order chi connectivity index (χ0) is 15.7. The van der Waals surface area contributed by atoms with Gasteiger partial charge in [0.05, 0.1) is 26.2 Å². The Hall–Kier alpha value is -1.32. The van der Waals surface area contributed by atoms with Gasteiger partial charge in [-0.25, -0.2) is 0 Å².